The molecule has 0 saturated carbocycles. The van der Waals surface area contributed by atoms with Crippen molar-refractivity contribution in [2.75, 3.05) is 45.2 Å². The lowest BCUT2D eigenvalue weighted by atomic mass is 10.0. The number of halogens is 1. The highest BCUT2D eigenvalue weighted by atomic mass is 35.5. The van der Waals surface area contributed by atoms with Gasteiger partial charge >= 0.3 is 0 Å². The number of morpholine rings is 1. The first kappa shape index (κ1) is 21.2. The van der Waals surface area contributed by atoms with Gasteiger partial charge in [0.15, 0.2) is 5.76 Å². The van der Waals surface area contributed by atoms with Crippen LogP contribution in [0.25, 0.3) is 4.91 Å². The minimum atomic E-state index is -0.189. The zero-order valence-electron chi connectivity index (χ0n) is 16.7. The SMILES string of the molecule is O=C(NCC(c1ccccc1Cl)N1CCOCC1)C1=C(c2ccccc2)SCCO1. The molecule has 1 unspecified atom stereocenters. The molecule has 5 nitrogen and oxygen atoms in total. The van der Waals surface area contributed by atoms with Crippen LogP contribution in [0, 0.1) is 0 Å². The molecule has 1 saturated heterocycles. The zero-order valence-corrected chi connectivity index (χ0v) is 18.3. The van der Waals surface area contributed by atoms with Crippen molar-refractivity contribution in [3.05, 3.63) is 76.5 Å². The highest BCUT2D eigenvalue weighted by Crippen LogP contribution is 2.35. The Morgan fingerprint density at radius 1 is 1.07 bits per heavy atom. The molecule has 2 heterocycles. The topological polar surface area (TPSA) is 50.8 Å². The van der Waals surface area contributed by atoms with Crippen LogP contribution in [0.2, 0.25) is 5.02 Å². The fraction of sp³-hybridized carbons (Fsp3) is 0.348. The summed E-state index contributed by atoms with van der Waals surface area (Å²) in [5.41, 5.74) is 2.01. The molecule has 2 aliphatic heterocycles. The molecule has 7 heteroatoms. The van der Waals surface area contributed by atoms with Crippen LogP contribution in [-0.2, 0) is 14.3 Å². The van der Waals surface area contributed by atoms with Crippen LogP contribution in [0.5, 0.6) is 0 Å². The lowest BCUT2D eigenvalue weighted by molar-refractivity contribution is -0.121. The fourth-order valence-electron chi connectivity index (χ4n) is 3.73. The summed E-state index contributed by atoms with van der Waals surface area (Å²) in [6, 6.07) is 17.7. The maximum absolute atomic E-state index is 13.1. The average molecular weight is 445 g/mol. The van der Waals surface area contributed by atoms with Gasteiger partial charge in [-0.1, -0.05) is 60.1 Å². The van der Waals surface area contributed by atoms with Crippen molar-refractivity contribution in [1.82, 2.24) is 10.2 Å². The molecule has 1 atom stereocenters. The van der Waals surface area contributed by atoms with Crippen LogP contribution in [0.1, 0.15) is 17.2 Å². The fourth-order valence-corrected chi connectivity index (χ4v) is 4.95. The van der Waals surface area contributed by atoms with E-state index in [1.165, 1.54) is 0 Å². The lowest BCUT2D eigenvalue weighted by Gasteiger charge is -2.35. The molecule has 0 aliphatic carbocycles. The Morgan fingerprint density at radius 2 is 1.80 bits per heavy atom. The summed E-state index contributed by atoms with van der Waals surface area (Å²) in [6.07, 6.45) is 0. The second-order valence-corrected chi connectivity index (χ2v) is 8.63. The summed E-state index contributed by atoms with van der Waals surface area (Å²) < 4.78 is 11.3. The number of hydrogen-bond donors (Lipinski definition) is 1. The summed E-state index contributed by atoms with van der Waals surface area (Å²) in [6.45, 7) is 3.94. The van der Waals surface area contributed by atoms with Gasteiger partial charge in [-0.15, -0.1) is 11.8 Å². The molecule has 1 fully saturated rings. The van der Waals surface area contributed by atoms with Gasteiger partial charge in [-0.3, -0.25) is 9.69 Å². The summed E-state index contributed by atoms with van der Waals surface area (Å²) in [5, 5.41) is 3.80. The first-order chi connectivity index (χ1) is 14.7. The third-order valence-corrected chi connectivity index (χ3v) is 6.66. The Kier molecular flexibility index (Phi) is 7.33. The van der Waals surface area contributed by atoms with Gasteiger partial charge in [0, 0.05) is 30.4 Å². The maximum Gasteiger partial charge on any atom is 0.287 e. The molecular formula is C23H25ClN2O3S. The van der Waals surface area contributed by atoms with E-state index in [0.29, 0.717) is 37.1 Å². The van der Waals surface area contributed by atoms with Crippen LogP contribution in [-0.4, -0.2) is 56.0 Å². The third-order valence-electron chi connectivity index (χ3n) is 5.23. The number of nitrogens with one attached hydrogen (secondary N) is 1. The molecule has 1 amide bonds. The Morgan fingerprint density at radius 3 is 2.57 bits per heavy atom. The Balaban J connectivity index is 1.54. The molecule has 30 heavy (non-hydrogen) atoms. The molecule has 4 rings (SSSR count). The zero-order chi connectivity index (χ0) is 20.8. The Bertz CT molecular complexity index is 900. The largest absolute Gasteiger partial charge is 0.486 e. The molecule has 0 aromatic heterocycles. The number of rotatable bonds is 6. The van der Waals surface area contributed by atoms with E-state index in [1.807, 2.05) is 54.6 Å². The third kappa shape index (κ3) is 5.01. The number of hydrogen-bond acceptors (Lipinski definition) is 5. The van der Waals surface area contributed by atoms with Crippen molar-refractivity contribution in [3.8, 4) is 0 Å². The summed E-state index contributed by atoms with van der Waals surface area (Å²) in [5.74, 6) is 1.04. The van der Waals surface area contributed by atoms with E-state index >= 15 is 0 Å². The summed E-state index contributed by atoms with van der Waals surface area (Å²) >= 11 is 8.16. The highest BCUT2D eigenvalue weighted by molar-refractivity contribution is 8.08. The number of benzene rings is 2. The van der Waals surface area contributed by atoms with Crippen molar-refractivity contribution in [2.24, 2.45) is 0 Å². The first-order valence-electron chi connectivity index (χ1n) is 10.1. The van der Waals surface area contributed by atoms with E-state index in [1.54, 1.807) is 11.8 Å². The van der Waals surface area contributed by atoms with Gasteiger partial charge in [-0.2, -0.15) is 0 Å². The second kappa shape index (κ2) is 10.4. The molecular weight excluding hydrogens is 420 g/mol. The highest BCUT2D eigenvalue weighted by Gasteiger charge is 2.27. The van der Waals surface area contributed by atoms with Crippen LogP contribution < -0.4 is 5.32 Å². The van der Waals surface area contributed by atoms with Gasteiger partial charge in [-0.25, -0.2) is 0 Å². The quantitative estimate of drug-likeness (QED) is 0.730. The Labute approximate surface area is 186 Å². The van der Waals surface area contributed by atoms with Crippen molar-refractivity contribution in [3.63, 3.8) is 0 Å². The molecule has 2 aromatic carbocycles. The Hall–Kier alpha value is -1.99. The van der Waals surface area contributed by atoms with Gasteiger partial charge < -0.3 is 14.8 Å². The van der Waals surface area contributed by atoms with Crippen molar-refractivity contribution in [2.45, 2.75) is 6.04 Å². The average Bonchev–Trinajstić information content (AvgIpc) is 2.81. The molecule has 2 aliphatic rings. The van der Waals surface area contributed by atoms with E-state index in [0.717, 1.165) is 34.9 Å². The van der Waals surface area contributed by atoms with Gasteiger partial charge in [0.2, 0.25) is 0 Å². The molecule has 2 aromatic rings. The van der Waals surface area contributed by atoms with Gasteiger partial charge in [-0.05, 0) is 17.2 Å². The first-order valence-corrected chi connectivity index (χ1v) is 11.5. The monoisotopic (exact) mass is 444 g/mol. The number of amides is 1. The number of carbonyl (C=O) groups is 1. The smallest absolute Gasteiger partial charge is 0.287 e. The summed E-state index contributed by atoms with van der Waals surface area (Å²) in [4.78, 5) is 16.3. The van der Waals surface area contributed by atoms with Crippen molar-refractivity contribution in [1.29, 1.82) is 0 Å². The van der Waals surface area contributed by atoms with Gasteiger partial charge in [0.25, 0.3) is 5.91 Å². The number of thioether (sulfide) groups is 1. The van der Waals surface area contributed by atoms with E-state index in [-0.39, 0.29) is 11.9 Å². The van der Waals surface area contributed by atoms with Crippen molar-refractivity contribution >= 4 is 34.2 Å². The predicted molar refractivity (Wildman–Crippen MR) is 121 cm³/mol. The minimum Gasteiger partial charge on any atom is -0.486 e. The molecule has 0 spiro atoms. The van der Waals surface area contributed by atoms with Crippen LogP contribution in [0.15, 0.2) is 60.4 Å². The number of carbonyl (C=O) groups excluding carboxylic acids is 1. The number of nitrogens with zero attached hydrogens (tertiary/aromatic N) is 1. The van der Waals surface area contributed by atoms with Crippen LogP contribution in [0.4, 0.5) is 0 Å². The molecule has 1 N–H and O–H groups in total. The normalized spacial score (nSPS) is 18.6. The van der Waals surface area contributed by atoms with Gasteiger partial charge in [0.1, 0.15) is 0 Å². The predicted octanol–water partition coefficient (Wildman–Crippen LogP) is 3.96. The molecule has 158 valence electrons. The number of ether oxygens (including phenoxy) is 2. The van der Waals surface area contributed by atoms with E-state index < -0.39 is 0 Å². The van der Waals surface area contributed by atoms with E-state index in [9.17, 15) is 4.79 Å². The second-order valence-electron chi connectivity index (χ2n) is 7.12. The van der Waals surface area contributed by atoms with Gasteiger partial charge in [0.05, 0.1) is 30.8 Å². The van der Waals surface area contributed by atoms with E-state index in [4.69, 9.17) is 21.1 Å². The van der Waals surface area contributed by atoms with Crippen LogP contribution in [0.3, 0.4) is 0 Å². The standard InChI is InChI=1S/C23H25ClN2O3S/c24-19-9-5-4-8-18(19)20(26-10-12-28-13-11-26)16-25-23(27)21-22(30-15-14-29-21)17-6-2-1-3-7-17/h1-9,20H,10-16H2,(H,25,27). The molecule has 0 bridgehead atoms. The maximum atomic E-state index is 13.1. The lowest BCUT2D eigenvalue weighted by Crippen LogP contribution is -2.44. The van der Waals surface area contributed by atoms with Crippen LogP contribution >= 0.6 is 23.4 Å². The van der Waals surface area contributed by atoms with E-state index in [2.05, 4.69) is 10.2 Å². The van der Waals surface area contributed by atoms with Crippen molar-refractivity contribution < 1.29 is 14.3 Å². The molecule has 0 radical (unpaired) electrons. The minimum absolute atomic E-state index is 0.0245. The summed E-state index contributed by atoms with van der Waals surface area (Å²) in [7, 11) is 0.